The van der Waals surface area contributed by atoms with Gasteiger partial charge < -0.3 is 14.5 Å². The van der Waals surface area contributed by atoms with E-state index in [9.17, 15) is 9.59 Å². The van der Waals surface area contributed by atoms with E-state index in [4.69, 9.17) is 9.15 Å². The number of hydrazone groups is 1. The number of carbonyl (C=O) groups excluding carboxylic acids is 2. The maximum Gasteiger partial charge on any atom is 0.291 e. The second kappa shape index (κ2) is 9.36. The van der Waals surface area contributed by atoms with Crippen LogP contribution in [0.15, 0.2) is 76.4 Å². The lowest BCUT2D eigenvalue weighted by molar-refractivity contribution is -0.120. The SMILES string of the molecule is COc1ccc(CC(=O)N/N=C(/C)c2ccc(NC(=O)c3ccco3)cc2)cc1. The Morgan fingerprint density at radius 3 is 2.38 bits per heavy atom. The number of hydrogen-bond donors (Lipinski definition) is 2. The molecule has 7 heteroatoms. The monoisotopic (exact) mass is 391 g/mol. The molecule has 0 unspecified atom stereocenters. The quantitative estimate of drug-likeness (QED) is 0.475. The van der Waals surface area contributed by atoms with Crippen LogP contribution in [0.4, 0.5) is 5.69 Å². The normalized spacial score (nSPS) is 11.0. The van der Waals surface area contributed by atoms with Gasteiger partial charge in [-0.3, -0.25) is 9.59 Å². The van der Waals surface area contributed by atoms with E-state index in [2.05, 4.69) is 15.8 Å². The maximum atomic E-state index is 12.1. The highest BCUT2D eigenvalue weighted by atomic mass is 16.5. The van der Waals surface area contributed by atoms with E-state index < -0.39 is 0 Å². The topological polar surface area (TPSA) is 92.9 Å². The highest BCUT2D eigenvalue weighted by Gasteiger charge is 2.09. The Morgan fingerprint density at radius 2 is 1.76 bits per heavy atom. The van der Waals surface area contributed by atoms with Crippen LogP contribution in [0.3, 0.4) is 0 Å². The second-order valence-corrected chi connectivity index (χ2v) is 6.27. The smallest absolute Gasteiger partial charge is 0.291 e. The Hall–Kier alpha value is -3.87. The molecule has 0 aliphatic heterocycles. The molecular formula is C22H21N3O4. The van der Waals surface area contributed by atoms with Crippen molar-refractivity contribution >= 4 is 23.2 Å². The predicted octanol–water partition coefficient (Wildman–Crippen LogP) is 3.62. The van der Waals surface area contributed by atoms with E-state index in [1.165, 1.54) is 6.26 Å². The van der Waals surface area contributed by atoms with Gasteiger partial charge in [0, 0.05) is 5.69 Å². The van der Waals surface area contributed by atoms with E-state index in [0.29, 0.717) is 11.4 Å². The molecule has 2 N–H and O–H groups in total. The van der Waals surface area contributed by atoms with Gasteiger partial charge in [0.05, 0.1) is 25.5 Å². The summed E-state index contributed by atoms with van der Waals surface area (Å²) in [5, 5.41) is 6.89. The summed E-state index contributed by atoms with van der Waals surface area (Å²) in [5.41, 5.74) is 5.53. The van der Waals surface area contributed by atoms with Crippen molar-refractivity contribution in [2.24, 2.45) is 5.10 Å². The third kappa shape index (κ3) is 5.55. The number of amides is 2. The van der Waals surface area contributed by atoms with Crippen molar-refractivity contribution in [1.82, 2.24) is 5.43 Å². The standard InChI is InChI=1S/C22H21N3O4/c1-15(24-25-21(26)14-16-5-11-19(28-2)12-6-16)17-7-9-18(10-8-17)23-22(27)20-4-3-13-29-20/h3-13H,14H2,1-2H3,(H,23,27)(H,25,26)/b24-15-. The molecule has 0 aliphatic carbocycles. The van der Waals surface area contributed by atoms with Crippen molar-refractivity contribution in [3.63, 3.8) is 0 Å². The van der Waals surface area contributed by atoms with E-state index in [0.717, 1.165) is 16.9 Å². The lowest BCUT2D eigenvalue weighted by Crippen LogP contribution is -2.21. The zero-order chi connectivity index (χ0) is 20.6. The number of nitrogens with zero attached hydrogens (tertiary/aromatic N) is 1. The van der Waals surface area contributed by atoms with Gasteiger partial charge in [-0.2, -0.15) is 5.10 Å². The molecule has 0 bridgehead atoms. The molecule has 3 rings (SSSR count). The number of hydrogen-bond acceptors (Lipinski definition) is 5. The average molecular weight is 391 g/mol. The van der Waals surface area contributed by atoms with E-state index >= 15 is 0 Å². The zero-order valence-electron chi connectivity index (χ0n) is 16.1. The van der Waals surface area contributed by atoms with Crippen molar-refractivity contribution in [2.75, 3.05) is 12.4 Å². The molecule has 7 nitrogen and oxygen atoms in total. The van der Waals surface area contributed by atoms with Crippen LogP contribution < -0.4 is 15.5 Å². The summed E-state index contributed by atoms with van der Waals surface area (Å²) in [6, 6.07) is 17.7. The van der Waals surface area contributed by atoms with Crippen molar-refractivity contribution in [1.29, 1.82) is 0 Å². The van der Waals surface area contributed by atoms with E-state index in [-0.39, 0.29) is 24.0 Å². The summed E-state index contributed by atoms with van der Waals surface area (Å²) in [5.74, 6) is 0.453. The minimum Gasteiger partial charge on any atom is -0.497 e. The van der Waals surface area contributed by atoms with Crippen molar-refractivity contribution in [2.45, 2.75) is 13.3 Å². The summed E-state index contributed by atoms with van der Waals surface area (Å²) in [7, 11) is 1.60. The minimum atomic E-state index is -0.320. The van der Waals surface area contributed by atoms with Gasteiger partial charge in [0.2, 0.25) is 5.91 Å². The summed E-state index contributed by atoms with van der Waals surface area (Å²) >= 11 is 0. The first-order chi connectivity index (χ1) is 14.0. The molecule has 2 aromatic carbocycles. The third-order valence-electron chi connectivity index (χ3n) is 4.18. The molecule has 3 aromatic rings. The number of nitrogens with one attached hydrogen (secondary N) is 2. The molecule has 29 heavy (non-hydrogen) atoms. The molecule has 0 saturated heterocycles. The van der Waals surface area contributed by atoms with Crippen LogP contribution in [0.5, 0.6) is 5.75 Å². The molecule has 0 atom stereocenters. The number of methoxy groups -OCH3 is 1. The van der Waals surface area contributed by atoms with Crippen LogP contribution in [0.1, 0.15) is 28.6 Å². The van der Waals surface area contributed by atoms with Gasteiger partial charge in [-0.05, 0) is 54.4 Å². The van der Waals surface area contributed by atoms with Crippen LogP contribution in [-0.4, -0.2) is 24.6 Å². The number of benzene rings is 2. The fraction of sp³-hybridized carbons (Fsp3) is 0.136. The summed E-state index contributed by atoms with van der Waals surface area (Å²) < 4.78 is 10.2. The molecule has 0 spiro atoms. The molecule has 0 saturated carbocycles. The highest BCUT2D eigenvalue weighted by molar-refractivity contribution is 6.03. The first-order valence-corrected chi connectivity index (χ1v) is 8.96. The highest BCUT2D eigenvalue weighted by Crippen LogP contribution is 2.13. The molecule has 2 amide bonds. The third-order valence-corrected chi connectivity index (χ3v) is 4.18. The molecule has 0 radical (unpaired) electrons. The number of furan rings is 1. The molecule has 0 aliphatic rings. The van der Waals surface area contributed by atoms with Crippen molar-refractivity contribution < 1.29 is 18.7 Å². The van der Waals surface area contributed by atoms with Gasteiger partial charge in [-0.25, -0.2) is 5.43 Å². The van der Waals surface area contributed by atoms with Gasteiger partial charge in [0.15, 0.2) is 5.76 Å². The second-order valence-electron chi connectivity index (χ2n) is 6.27. The zero-order valence-corrected chi connectivity index (χ0v) is 16.1. The Balaban J connectivity index is 1.54. The maximum absolute atomic E-state index is 12.1. The summed E-state index contributed by atoms with van der Waals surface area (Å²) in [6.45, 7) is 1.80. The Bertz CT molecular complexity index is 992. The summed E-state index contributed by atoms with van der Waals surface area (Å²) in [4.78, 5) is 24.1. The molecule has 148 valence electrons. The van der Waals surface area contributed by atoms with Gasteiger partial charge in [0.1, 0.15) is 5.75 Å². The largest absolute Gasteiger partial charge is 0.497 e. The first-order valence-electron chi connectivity index (χ1n) is 8.96. The van der Waals surface area contributed by atoms with Crippen LogP contribution in [0.2, 0.25) is 0 Å². The van der Waals surface area contributed by atoms with Gasteiger partial charge in [0.25, 0.3) is 5.91 Å². The number of ether oxygens (including phenoxy) is 1. The predicted molar refractivity (Wildman–Crippen MR) is 110 cm³/mol. The lowest BCUT2D eigenvalue weighted by atomic mass is 10.1. The van der Waals surface area contributed by atoms with Crippen LogP contribution in [-0.2, 0) is 11.2 Å². The molecular weight excluding hydrogens is 370 g/mol. The average Bonchev–Trinajstić information content (AvgIpc) is 3.28. The number of carbonyl (C=O) groups is 2. The van der Waals surface area contributed by atoms with Gasteiger partial charge >= 0.3 is 0 Å². The Morgan fingerprint density at radius 1 is 1.03 bits per heavy atom. The Kier molecular flexibility index (Phi) is 6.42. The minimum absolute atomic E-state index is 0.211. The van der Waals surface area contributed by atoms with Crippen molar-refractivity contribution in [3.8, 4) is 5.75 Å². The Labute approximate surface area is 168 Å². The van der Waals surface area contributed by atoms with E-state index in [1.807, 2.05) is 36.4 Å². The van der Waals surface area contributed by atoms with Crippen molar-refractivity contribution in [3.05, 3.63) is 83.8 Å². The lowest BCUT2D eigenvalue weighted by Gasteiger charge is -2.06. The summed E-state index contributed by atoms with van der Waals surface area (Å²) in [6.07, 6.45) is 1.67. The van der Waals surface area contributed by atoms with Gasteiger partial charge in [-0.1, -0.05) is 24.3 Å². The first kappa shape index (κ1) is 19.9. The number of anilines is 1. The molecule has 0 fully saturated rings. The van der Waals surface area contributed by atoms with Crippen LogP contribution in [0.25, 0.3) is 0 Å². The number of rotatable bonds is 7. The fourth-order valence-electron chi connectivity index (χ4n) is 2.57. The van der Waals surface area contributed by atoms with Gasteiger partial charge in [-0.15, -0.1) is 0 Å². The van der Waals surface area contributed by atoms with Crippen LogP contribution in [0, 0.1) is 0 Å². The fourth-order valence-corrected chi connectivity index (χ4v) is 2.57. The van der Waals surface area contributed by atoms with Crippen LogP contribution >= 0.6 is 0 Å². The van der Waals surface area contributed by atoms with E-state index in [1.54, 1.807) is 38.3 Å². The molecule has 1 aromatic heterocycles. The molecule has 1 heterocycles.